The number of nitrogens with one attached hydrogen (secondary N) is 1. The van der Waals surface area contributed by atoms with E-state index < -0.39 is 0 Å². The SMILES string of the molecule is Cc1noc([C@@H](C)NC[C@@H](c2cccs2)N2CCOCC2)n1. The third kappa shape index (κ3) is 3.73. The molecule has 7 heteroatoms. The smallest absolute Gasteiger partial charge is 0.243 e. The molecule has 0 bridgehead atoms. The Morgan fingerprint density at radius 2 is 2.23 bits per heavy atom. The van der Waals surface area contributed by atoms with E-state index in [-0.39, 0.29) is 6.04 Å². The molecule has 2 aromatic rings. The minimum absolute atomic E-state index is 0.0460. The first-order valence-corrected chi connectivity index (χ1v) is 8.51. The Morgan fingerprint density at radius 3 is 2.86 bits per heavy atom. The van der Waals surface area contributed by atoms with Crippen LogP contribution >= 0.6 is 11.3 Å². The zero-order valence-electron chi connectivity index (χ0n) is 13.0. The molecule has 0 amide bonds. The molecule has 1 saturated heterocycles. The van der Waals surface area contributed by atoms with Crippen molar-refractivity contribution in [3.8, 4) is 0 Å². The summed E-state index contributed by atoms with van der Waals surface area (Å²) in [5.74, 6) is 1.32. The summed E-state index contributed by atoms with van der Waals surface area (Å²) in [5, 5.41) is 9.51. The molecule has 0 radical (unpaired) electrons. The Morgan fingerprint density at radius 1 is 1.41 bits per heavy atom. The lowest BCUT2D eigenvalue weighted by Crippen LogP contribution is -2.42. The molecule has 6 nitrogen and oxygen atoms in total. The van der Waals surface area contributed by atoms with Crippen molar-refractivity contribution in [2.75, 3.05) is 32.8 Å². The number of rotatable bonds is 6. The van der Waals surface area contributed by atoms with Gasteiger partial charge in [-0.15, -0.1) is 11.3 Å². The number of morpholine rings is 1. The summed E-state index contributed by atoms with van der Waals surface area (Å²) >= 11 is 1.80. The van der Waals surface area contributed by atoms with Gasteiger partial charge in [0, 0.05) is 24.5 Å². The minimum Gasteiger partial charge on any atom is -0.379 e. The summed E-state index contributed by atoms with van der Waals surface area (Å²) in [4.78, 5) is 8.15. The fraction of sp³-hybridized carbons (Fsp3) is 0.600. The number of nitrogens with zero attached hydrogens (tertiary/aromatic N) is 3. The van der Waals surface area contributed by atoms with Crippen molar-refractivity contribution >= 4 is 11.3 Å². The van der Waals surface area contributed by atoms with Crippen LogP contribution in [0.3, 0.4) is 0 Å². The number of hydrogen-bond donors (Lipinski definition) is 1. The summed E-state index contributed by atoms with van der Waals surface area (Å²) in [6.07, 6.45) is 0. The quantitative estimate of drug-likeness (QED) is 0.879. The summed E-state index contributed by atoms with van der Waals surface area (Å²) in [6, 6.07) is 4.71. The van der Waals surface area contributed by atoms with E-state index in [1.165, 1.54) is 4.88 Å². The highest BCUT2D eigenvalue weighted by Gasteiger charge is 2.24. The van der Waals surface area contributed by atoms with Gasteiger partial charge in [-0.3, -0.25) is 4.90 Å². The number of ether oxygens (including phenoxy) is 1. The molecule has 0 spiro atoms. The Labute approximate surface area is 134 Å². The molecule has 0 aliphatic carbocycles. The maximum Gasteiger partial charge on any atom is 0.243 e. The number of aryl methyl sites for hydroxylation is 1. The molecule has 1 N–H and O–H groups in total. The molecule has 2 atom stereocenters. The molecule has 2 aromatic heterocycles. The molecule has 3 rings (SSSR count). The molecular formula is C15H22N4O2S. The highest BCUT2D eigenvalue weighted by molar-refractivity contribution is 7.10. The van der Waals surface area contributed by atoms with Crippen LogP contribution in [0.15, 0.2) is 22.0 Å². The molecule has 0 unspecified atom stereocenters. The van der Waals surface area contributed by atoms with E-state index in [0.29, 0.717) is 17.8 Å². The lowest BCUT2D eigenvalue weighted by Gasteiger charge is -2.34. The van der Waals surface area contributed by atoms with Gasteiger partial charge in [-0.2, -0.15) is 4.98 Å². The van der Waals surface area contributed by atoms with Gasteiger partial charge in [0.05, 0.1) is 25.3 Å². The molecule has 1 aliphatic rings. The Bertz CT molecular complexity index is 566. The largest absolute Gasteiger partial charge is 0.379 e. The lowest BCUT2D eigenvalue weighted by atomic mass is 10.1. The van der Waals surface area contributed by atoms with Gasteiger partial charge >= 0.3 is 0 Å². The van der Waals surface area contributed by atoms with E-state index in [0.717, 1.165) is 32.8 Å². The molecule has 1 aliphatic heterocycles. The van der Waals surface area contributed by atoms with Crippen molar-refractivity contribution in [1.82, 2.24) is 20.4 Å². The van der Waals surface area contributed by atoms with Gasteiger partial charge in [0.2, 0.25) is 5.89 Å². The summed E-state index contributed by atoms with van der Waals surface area (Å²) in [5.41, 5.74) is 0. The highest BCUT2D eigenvalue weighted by Crippen LogP contribution is 2.26. The first-order valence-electron chi connectivity index (χ1n) is 7.63. The maximum absolute atomic E-state index is 5.47. The second-order valence-corrected chi connectivity index (χ2v) is 6.47. The van der Waals surface area contributed by atoms with Crippen LogP contribution in [0.2, 0.25) is 0 Å². The number of aromatic nitrogens is 2. The predicted octanol–water partition coefficient (Wildman–Crippen LogP) is 2.16. The van der Waals surface area contributed by atoms with Gasteiger partial charge in [-0.1, -0.05) is 11.2 Å². The number of thiophene rings is 1. The third-order valence-corrected chi connectivity index (χ3v) is 4.86. The van der Waals surface area contributed by atoms with E-state index in [4.69, 9.17) is 9.26 Å². The fourth-order valence-electron chi connectivity index (χ4n) is 2.64. The summed E-state index contributed by atoms with van der Waals surface area (Å²) < 4.78 is 10.7. The van der Waals surface area contributed by atoms with Crippen LogP contribution in [-0.2, 0) is 4.74 Å². The van der Waals surface area contributed by atoms with Crippen molar-refractivity contribution < 1.29 is 9.26 Å². The van der Waals surface area contributed by atoms with Gasteiger partial charge in [0.15, 0.2) is 5.82 Å². The zero-order chi connectivity index (χ0) is 15.4. The molecule has 22 heavy (non-hydrogen) atoms. The molecule has 3 heterocycles. The topological polar surface area (TPSA) is 63.4 Å². The Kier molecular flexibility index (Phi) is 5.20. The average Bonchev–Trinajstić information content (AvgIpc) is 3.20. The van der Waals surface area contributed by atoms with Crippen LogP contribution in [0.5, 0.6) is 0 Å². The average molecular weight is 322 g/mol. The zero-order valence-corrected chi connectivity index (χ0v) is 13.8. The third-order valence-electron chi connectivity index (χ3n) is 3.89. The van der Waals surface area contributed by atoms with Crippen LogP contribution in [-0.4, -0.2) is 47.9 Å². The molecule has 0 aromatic carbocycles. The highest BCUT2D eigenvalue weighted by atomic mass is 32.1. The van der Waals surface area contributed by atoms with Gasteiger partial charge in [-0.05, 0) is 25.3 Å². The van der Waals surface area contributed by atoms with Gasteiger partial charge in [-0.25, -0.2) is 0 Å². The monoisotopic (exact) mass is 322 g/mol. The first kappa shape index (κ1) is 15.6. The predicted molar refractivity (Wildman–Crippen MR) is 84.9 cm³/mol. The second kappa shape index (κ2) is 7.32. The maximum atomic E-state index is 5.47. The van der Waals surface area contributed by atoms with Gasteiger partial charge in [0.25, 0.3) is 0 Å². The van der Waals surface area contributed by atoms with Crippen LogP contribution in [0, 0.1) is 6.92 Å². The Balaban J connectivity index is 1.65. The van der Waals surface area contributed by atoms with E-state index in [9.17, 15) is 0 Å². The normalized spacial score (nSPS) is 19.2. The van der Waals surface area contributed by atoms with Crippen LogP contribution in [0.1, 0.15) is 35.6 Å². The van der Waals surface area contributed by atoms with Gasteiger partial charge in [0.1, 0.15) is 0 Å². The van der Waals surface area contributed by atoms with Crippen LogP contribution < -0.4 is 5.32 Å². The number of hydrogen-bond acceptors (Lipinski definition) is 7. The van der Waals surface area contributed by atoms with E-state index >= 15 is 0 Å². The summed E-state index contributed by atoms with van der Waals surface area (Å²) in [7, 11) is 0. The van der Waals surface area contributed by atoms with Crippen LogP contribution in [0.4, 0.5) is 0 Å². The van der Waals surface area contributed by atoms with E-state index in [1.54, 1.807) is 11.3 Å². The molecule has 0 saturated carbocycles. The lowest BCUT2D eigenvalue weighted by molar-refractivity contribution is 0.0162. The molecule has 1 fully saturated rings. The van der Waals surface area contributed by atoms with Gasteiger partial charge < -0.3 is 14.6 Å². The molecule has 120 valence electrons. The second-order valence-electron chi connectivity index (χ2n) is 5.49. The Hall–Kier alpha value is -1.28. The first-order chi connectivity index (χ1) is 10.7. The molecular weight excluding hydrogens is 300 g/mol. The van der Waals surface area contributed by atoms with Crippen molar-refractivity contribution in [3.05, 3.63) is 34.1 Å². The van der Waals surface area contributed by atoms with Crippen LogP contribution in [0.25, 0.3) is 0 Å². The fourth-order valence-corrected chi connectivity index (χ4v) is 3.51. The standard InChI is InChI=1S/C15H22N4O2S/c1-11(15-17-12(2)18-21-15)16-10-13(14-4-3-9-22-14)19-5-7-20-8-6-19/h3-4,9,11,13,16H,5-8,10H2,1-2H3/t11-,13+/m1/s1. The van der Waals surface area contributed by atoms with E-state index in [2.05, 4.69) is 44.8 Å². The minimum atomic E-state index is 0.0460. The van der Waals surface area contributed by atoms with Crippen molar-refractivity contribution in [3.63, 3.8) is 0 Å². The van der Waals surface area contributed by atoms with E-state index in [1.807, 2.05) is 6.92 Å². The van der Waals surface area contributed by atoms with Crippen molar-refractivity contribution in [2.24, 2.45) is 0 Å². The van der Waals surface area contributed by atoms with Crippen molar-refractivity contribution in [1.29, 1.82) is 0 Å². The summed E-state index contributed by atoms with van der Waals surface area (Å²) in [6.45, 7) is 8.29. The van der Waals surface area contributed by atoms with Crippen molar-refractivity contribution in [2.45, 2.75) is 25.9 Å².